The Balaban J connectivity index is 0.00000103. The van der Waals surface area contributed by atoms with E-state index in [1.54, 1.807) is 6.07 Å². The second-order valence-electron chi connectivity index (χ2n) is 9.76. The molecular weight excluding hydrogens is 433 g/mol. The Hall–Kier alpha value is -2.93. The van der Waals surface area contributed by atoms with E-state index in [-0.39, 0.29) is 23.1 Å². The van der Waals surface area contributed by atoms with Crippen molar-refractivity contribution in [2.45, 2.75) is 92.9 Å². The van der Waals surface area contributed by atoms with Crippen molar-refractivity contribution < 1.29 is 4.39 Å². The van der Waals surface area contributed by atoms with E-state index in [9.17, 15) is 9.65 Å². The highest BCUT2D eigenvalue weighted by atomic mass is 19.1. The van der Waals surface area contributed by atoms with Gasteiger partial charge in [-0.3, -0.25) is 4.57 Å². The van der Waals surface area contributed by atoms with Gasteiger partial charge in [-0.05, 0) is 76.6 Å². The number of hydrogen-bond acceptors (Lipinski definition) is 2. The van der Waals surface area contributed by atoms with Gasteiger partial charge in [0.1, 0.15) is 11.6 Å². The van der Waals surface area contributed by atoms with Crippen molar-refractivity contribution in [3.8, 4) is 23.1 Å². The number of imidazole rings is 1. The smallest absolute Gasteiger partial charge is 0.144 e. The average Bonchev–Trinajstić information content (AvgIpc) is 3.23. The van der Waals surface area contributed by atoms with Gasteiger partial charge >= 0.3 is 0 Å². The van der Waals surface area contributed by atoms with Crippen LogP contribution in [-0.2, 0) is 5.41 Å². The van der Waals surface area contributed by atoms with Crippen LogP contribution in [-0.4, -0.2) is 9.55 Å². The molecule has 3 aromatic rings. The lowest BCUT2D eigenvalue weighted by Gasteiger charge is -2.23. The first-order chi connectivity index (χ1) is 16.7. The molecule has 2 aromatic carbocycles. The van der Waals surface area contributed by atoms with Crippen LogP contribution in [0.4, 0.5) is 4.39 Å². The van der Waals surface area contributed by atoms with E-state index in [4.69, 9.17) is 4.98 Å². The topological polar surface area (TPSA) is 41.6 Å². The number of aromatic nitrogens is 2. The molecule has 1 heterocycles. The summed E-state index contributed by atoms with van der Waals surface area (Å²) in [7, 11) is 0. The van der Waals surface area contributed by atoms with Crippen LogP contribution < -0.4 is 0 Å². The fourth-order valence-electron chi connectivity index (χ4n) is 4.72. The largest absolute Gasteiger partial charge is 0.299 e. The van der Waals surface area contributed by atoms with Crippen LogP contribution in [0.1, 0.15) is 110 Å². The van der Waals surface area contributed by atoms with Crippen molar-refractivity contribution in [3.63, 3.8) is 0 Å². The lowest BCUT2D eigenvalue weighted by atomic mass is 9.89. The van der Waals surface area contributed by atoms with Crippen molar-refractivity contribution in [1.82, 2.24) is 9.55 Å². The van der Waals surface area contributed by atoms with Crippen LogP contribution in [0.3, 0.4) is 0 Å². The van der Waals surface area contributed by atoms with Crippen molar-refractivity contribution in [2.75, 3.05) is 0 Å². The summed E-state index contributed by atoms with van der Waals surface area (Å²) >= 11 is 0. The van der Waals surface area contributed by atoms with Gasteiger partial charge in [-0.15, -0.1) is 0 Å². The highest BCUT2D eigenvalue weighted by molar-refractivity contribution is 5.68. The molecule has 3 nitrogen and oxygen atoms in total. The third-order valence-electron chi connectivity index (χ3n) is 6.92. The number of nitrogens with zero attached hydrogens (tertiary/aromatic N) is 3. The van der Waals surface area contributed by atoms with Gasteiger partial charge in [0.15, 0.2) is 0 Å². The van der Waals surface area contributed by atoms with Gasteiger partial charge in [0, 0.05) is 18.0 Å². The standard InChI is InChI=1S/C27H30FN3.2C2H6/c1-16(2)22-11-19(15-29)12-23(17(3)4)25(22)31-10-9-30-26(31)21-8-7-20(28)13-24(21)27(6)14-18(27)5;2*1-2/h7-13,16-18H,14H2,1-6H3;2*1-2H3/t18-,27?;;/m0../s1. The summed E-state index contributed by atoms with van der Waals surface area (Å²) in [6, 6.07) is 11.4. The van der Waals surface area contributed by atoms with Crippen molar-refractivity contribution in [1.29, 1.82) is 5.26 Å². The van der Waals surface area contributed by atoms with E-state index in [1.165, 1.54) is 6.07 Å². The molecule has 0 saturated heterocycles. The van der Waals surface area contributed by atoms with Crippen LogP contribution in [0, 0.1) is 23.1 Å². The first-order valence-corrected chi connectivity index (χ1v) is 13.1. The number of rotatable bonds is 5. The Morgan fingerprint density at radius 2 is 1.57 bits per heavy atom. The summed E-state index contributed by atoms with van der Waals surface area (Å²) in [6.45, 7) is 21.0. The highest BCUT2D eigenvalue weighted by Gasteiger charge is 2.49. The lowest BCUT2D eigenvalue weighted by Crippen LogP contribution is -2.11. The molecule has 0 aliphatic heterocycles. The molecule has 1 aliphatic rings. The van der Waals surface area contributed by atoms with E-state index >= 15 is 0 Å². The van der Waals surface area contributed by atoms with Crippen LogP contribution in [0.15, 0.2) is 42.7 Å². The molecule has 35 heavy (non-hydrogen) atoms. The monoisotopic (exact) mass is 475 g/mol. The van der Waals surface area contributed by atoms with Gasteiger partial charge in [0.25, 0.3) is 0 Å². The average molecular weight is 476 g/mol. The number of halogens is 1. The predicted molar refractivity (Wildman–Crippen MR) is 146 cm³/mol. The van der Waals surface area contributed by atoms with Crippen molar-refractivity contribution in [3.05, 3.63) is 70.8 Å². The molecule has 0 radical (unpaired) electrons. The Bertz CT molecular complexity index is 1150. The Labute approximate surface area is 212 Å². The minimum absolute atomic E-state index is 0.0271. The van der Waals surface area contributed by atoms with Gasteiger partial charge in [0.05, 0.1) is 17.3 Å². The zero-order chi connectivity index (χ0) is 26.5. The van der Waals surface area contributed by atoms with Crippen molar-refractivity contribution in [2.24, 2.45) is 5.92 Å². The van der Waals surface area contributed by atoms with Crippen molar-refractivity contribution >= 4 is 0 Å². The summed E-state index contributed by atoms with van der Waals surface area (Å²) in [5.41, 5.74) is 5.99. The minimum Gasteiger partial charge on any atom is -0.299 e. The second-order valence-corrected chi connectivity index (χ2v) is 9.76. The van der Waals surface area contributed by atoms with E-state index < -0.39 is 0 Å². The molecule has 1 saturated carbocycles. The molecular formula is C31H42FN3. The van der Waals surface area contributed by atoms with E-state index in [0.717, 1.165) is 40.2 Å². The molecule has 4 heteroatoms. The molecule has 1 aromatic heterocycles. The molecule has 0 amide bonds. The molecule has 1 unspecified atom stereocenters. The molecule has 4 rings (SSSR count). The number of nitriles is 1. The molecule has 0 N–H and O–H groups in total. The lowest BCUT2D eigenvalue weighted by molar-refractivity contribution is 0.616. The van der Waals surface area contributed by atoms with Gasteiger partial charge in [-0.2, -0.15) is 5.26 Å². The summed E-state index contributed by atoms with van der Waals surface area (Å²) in [6.07, 6.45) is 4.85. The quantitative estimate of drug-likeness (QED) is 0.369. The molecule has 0 bridgehead atoms. The van der Waals surface area contributed by atoms with Crippen LogP contribution in [0.2, 0.25) is 0 Å². The minimum atomic E-state index is -0.207. The normalized spacial score (nSPS) is 18.3. The maximum atomic E-state index is 14.3. The molecule has 2 atom stereocenters. The van der Waals surface area contributed by atoms with Gasteiger partial charge in [-0.1, -0.05) is 69.2 Å². The number of hydrogen-bond donors (Lipinski definition) is 0. The zero-order valence-corrected chi connectivity index (χ0v) is 23.2. The fraction of sp³-hybridized carbons (Fsp3) is 0.484. The summed E-state index contributed by atoms with van der Waals surface area (Å²) < 4.78 is 16.4. The summed E-state index contributed by atoms with van der Waals surface area (Å²) in [5, 5.41) is 9.58. The fourth-order valence-corrected chi connectivity index (χ4v) is 4.72. The third kappa shape index (κ3) is 5.50. The summed E-state index contributed by atoms with van der Waals surface area (Å²) in [4.78, 5) is 4.74. The zero-order valence-electron chi connectivity index (χ0n) is 23.2. The highest BCUT2D eigenvalue weighted by Crippen LogP contribution is 2.56. The summed E-state index contributed by atoms with van der Waals surface area (Å²) in [5.74, 6) is 1.61. The first-order valence-electron chi connectivity index (χ1n) is 13.1. The van der Waals surface area contributed by atoms with Gasteiger partial charge in [-0.25, -0.2) is 9.37 Å². The SMILES string of the molecule is CC.CC.CC(C)c1cc(C#N)cc(C(C)C)c1-n1ccnc1-c1ccc(F)cc1C1(C)C[C@@H]1C. The van der Waals surface area contributed by atoms with Crippen LogP contribution in [0.25, 0.3) is 17.1 Å². The first kappa shape index (κ1) is 28.3. The molecule has 188 valence electrons. The second kappa shape index (κ2) is 11.7. The number of benzene rings is 2. The van der Waals surface area contributed by atoms with Crippen LogP contribution in [0.5, 0.6) is 0 Å². The van der Waals surface area contributed by atoms with E-state index in [2.05, 4.69) is 52.2 Å². The van der Waals surface area contributed by atoms with Gasteiger partial charge < -0.3 is 0 Å². The maximum Gasteiger partial charge on any atom is 0.144 e. The van der Waals surface area contributed by atoms with E-state index in [0.29, 0.717) is 11.5 Å². The molecule has 0 spiro atoms. The Morgan fingerprint density at radius 1 is 1.03 bits per heavy atom. The molecule has 1 aliphatic carbocycles. The predicted octanol–water partition coefficient (Wildman–Crippen LogP) is 9.15. The Morgan fingerprint density at radius 3 is 2.03 bits per heavy atom. The van der Waals surface area contributed by atoms with Gasteiger partial charge in [0.2, 0.25) is 0 Å². The third-order valence-corrected chi connectivity index (χ3v) is 6.92. The van der Waals surface area contributed by atoms with E-state index in [1.807, 2.05) is 58.3 Å². The van der Waals surface area contributed by atoms with Crippen LogP contribution >= 0.6 is 0 Å². The maximum absolute atomic E-state index is 14.3. The molecule has 1 fully saturated rings. The Kier molecular flexibility index (Phi) is 9.44.